The molecule has 0 nitrogen and oxygen atoms in total. The molecule has 0 fully saturated rings. The van der Waals surface area contributed by atoms with Crippen LogP contribution in [0.1, 0.15) is 0 Å². The molecule has 0 saturated carbocycles. The van der Waals surface area contributed by atoms with Crippen molar-refractivity contribution in [2.45, 2.75) is 0 Å². The van der Waals surface area contributed by atoms with Crippen molar-refractivity contribution < 1.29 is 20.4 Å². The average molecular weight is 581 g/mol. The fourth-order valence-electron chi connectivity index (χ4n) is 0. The van der Waals surface area contributed by atoms with Crippen LogP contribution in [0.3, 0.4) is 0 Å². The van der Waals surface area contributed by atoms with Gasteiger partial charge in [0.2, 0.25) is 0 Å². The molecule has 0 rings (SSSR count). The average Bonchev–Trinajstić information content (AvgIpc) is 0. The Morgan fingerprint density at radius 3 is 0.400 bits per heavy atom. The fourth-order valence-corrected chi connectivity index (χ4v) is 0. The van der Waals surface area contributed by atoms with Gasteiger partial charge in [-0.05, 0) is 0 Å². The van der Waals surface area contributed by atoms with E-state index < -0.39 is 0 Å². The molecule has 0 aromatic rings. The van der Waals surface area contributed by atoms with Gasteiger partial charge in [-0.25, -0.2) is 0 Å². The van der Waals surface area contributed by atoms with Gasteiger partial charge in [0.25, 0.3) is 0 Å². The normalized spacial score (nSPS) is 0. The van der Waals surface area contributed by atoms with Crippen molar-refractivity contribution in [1.29, 1.82) is 0 Å². The van der Waals surface area contributed by atoms with E-state index in [9.17, 15) is 0 Å². The smallest absolute Gasteiger partial charge is 0 e. The van der Waals surface area contributed by atoms with E-state index in [1.54, 1.807) is 0 Å². The first-order valence-electron chi connectivity index (χ1n) is 0. The maximum atomic E-state index is 0. The molecule has 5 heavy (non-hydrogen) atoms. The molecule has 26 valence electrons. The Balaban J connectivity index is 0. The minimum Gasteiger partial charge on any atom is 0 e. The minimum atomic E-state index is 0. The van der Waals surface area contributed by atoms with Crippen molar-refractivity contribution in [2.24, 2.45) is 0 Å². The zero-order valence-electron chi connectivity index (χ0n) is 2.32. The van der Waals surface area contributed by atoms with E-state index >= 15 is 0 Å². The molecule has 16 radical (unpaired) electrons. The van der Waals surface area contributed by atoms with Crippen LogP contribution < -0.4 is 0 Å². The molecule has 0 aliphatic heterocycles. The van der Waals surface area contributed by atoms with E-state index in [4.69, 9.17) is 0 Å². The summed E-state index contributed by atoms with van der Waals surface area (Å²) in [5, 5.41) is 0. The zero-order chi connectivity index (χ0) is 0. The standard InChI is InChI=1S/Pd.4Sn. The maximum Gasteiger partial charge on any atom is 0 e. The van der Waals surface area contributed by atoms with Gasteiger partial charge in [-0.1, -0.05) is 0 Å². The second-order valence-corrected chi connectivity index (χ2v) is 0. The Kier molecular flexibility index (Phi) is 183. The van der Waals surface area contributed by atoms with Gasteiger partial charge in [0, 0.05) is 116 Å². The van der Waals surface area contributed by atoms with Crippen LogP contribution in [-0.4, -0.2) is 95.6 Å². The van der Waals surface area contributed by atoms with Crippen LogP contribution in [0.2, 0.25) is 0 Å². The van der Waals surface area contributed by atoms with E-state index in [1.807, 2.05) is 0 Å². The Morgan fingerprint density at radius 2 is 0.400 bits per heavy atom. The molecule has 0 aromatic carbocycles. The summed E-state index contributed by atoms with van der Waals surface area (Å²) >= 11 is 0. The van der Waals surface area contributed by atoms with Crippen molar-refractivity contribution in [1.82, 2.24) is 0 Å². The van der Waals surface area contributed by atoms with Gasteiger partial charge in [0.05, 0.1) is 0 Å². The monoisotopic (exact) mass is 586 g/mol. The third-order valence-corrected chi connectivity index (χ3v) is 0. The maximum absolute atomic E-state index is 0. The quantitative estimate of drug-likeness (QED) is 0.305. The fraction of sp³-hybridized carbons (Fsp3) is 0. The summed E-state index contributed by atoms with van der Waals surface area (Å²) in [6.07, 6.45) is 0. The summed E-state index contributed by atoms with van der Waals surface area (Å²) in [5.74, 6) is 0. The zero-order valence-corrected chi connectivity index (χ0v) is 15.3. The Labute approximate surface area is 113 Å². The van der Waals surface area contributed by atoms with Crippen molar-refractivity contribution in [2.75, 3.05) is 0 Å². The van der Waals surface area contributed by atoms with Gasteiger partial charge in [-0.2, -0.15) is 0 Å². The second kappa shape index (κ2) is 24.8. The second-order valence-electron chi connectivity index (χ2n) is 0. The van der Waals surface area contributed by atoms with Crippen molar-refractivity contribution in [3.8, 4) is 0 Å². The van der Waals surface area contributed by atoms with Crippen LogP contribution in [0.4, 0.5) is 0 Å². The number of hydrogen-bond donors (Lipinski definition) is 0. The van der Waals surface area contributed by atoms with Gasteiger partial charge in [0.1, 0.15) is 0 Å². The third-order valence-electron chi connectivity index (χ3n) is 0. The summed E-state index contributed by atoms with van der Waals surface area (Å²) in [7, 11) is 0. The minimum absolute atomic E-state index is 0. The summed E-state index contributed by atoms with van der Waals surface area (Å²) in [5.41, 5.74) is 0. The van der Waals surface area contributed by atoms with Crippen LogP contribution in [0.25, 0.3) is 0 Å². The predicted octanol–water partition coefficient (Wildman–Crippen LogP) is -1.53. The molecule has 0 heterocycles. The van der Waals surface area contributed by atoms with Crippen molar-refractivity contribution >= 4 is 95.6 Å². The molecule has 0 bridgehead atoms. The molecule has 0 atom stereocenters. The molecular weight excluding hydrogens is 581 g/mol. The van der Waals surface area contributed by atoms with E-state index in [0.29, 0.717) is 0 Å². The molecule has 0 aromatic heterocycles. The van der Waals surface area contributed by atoms with Gasteiger partial charge >= 0.3 is 0 Å². The summed E-state index contributed by atoms with van der Waals surface area (Å²) in [6, 6.07) is 0. The van der Waals surface area contributed by atoms with Gasteiger partial charge in [-0.15, -0.1) is 0 Å². The summed E-state index contributed by atoms with van der Waals surface area (Å²) < 4.78 is 0. The molecule has 0 amide bonds. The molecule has 0 aliphatic carbocycles. The molecule has 0 unspecified atom stereocenters. The number of hydrogen-bond acceptors (Lipinski definition) is 0. The van der Waals surface area contributed by atoms with Gasteiger partial charge in [0.15, 0.2) is 0 Å². The van der Waals surface area contributed by atoms with Crippen molar-refractivity contribution in [3.63, 3.8) is 0 Å². The van der Waals surface area contributed by atoms with Crippen LogP contribution >= 0.6 is 0 Å². The van der Waals surface area contributed by atoms with Crippen LogP contribution in [-0.2, 0) is 20.4 Å². The van der Waals surface area contributed by atoms with Crippen LogP contribution in [0, 0.1) is 0 Å². The SMILES string of the molecule is [Pd].[Sn].[Sn].[Sn].[Sn]. The Hall–Kier alpha value is 3.86. The Morgan fingerprint density at radius 1 is 0.400 bits per heavy atom. The topological polar surface area (TPSA) is 0 Å². The van der Waals surface area contributed by atoms with E-state index in [-0.39, 0.29) is 116 Å². The van der Waals surface area contributed by atoms with E-state index in [0.717, 1.165) is 0 Å². The van der Waals surface area contributed by atoms with Gasteiger partial charge in [-0.3, -0.25) is 0 Å². The number of rotatable bonds is 0. The van der Waals surface area contributed by atoms with E-state index in [2.05, 4.69) is 0 Å². The first kappa shape index (κ1) is 36.8. The van der Waals surface area contributed by atoms with Gasteiger partial charge < -0.3 is 0 Å². The molecule has 0 saturated heterocycles. The Bertz CT molecular complexity index is 3.61. The van der Waals surface area contributed by atoms with E-state index in [1.165, 1.54) is 0 Å². The molecule has 0 N–H and O–H groups in total. The van der Waals surface area contributed by atoms with Crippen LogP contribution in [0.5, 0.6) is 0 Å². The molecule has 0 aliphatic rings. The molecule has 5 heteroatoms. The van der Waals surface area contributed by atoms with Crippen molar-refractivity contribution in [3.05, 3.63) is 0 Å². The molecule has 0 spiro atoms. The first-order valence-corrected chi connectivity index (χ1v) is 0. The largest absolute Gasteiger partial charge is 0 e. The van der Waals surface area contributed by atoms with Crippen LogP contribution in [0.15, 0.2) is 0 Å². The summed E-state index contributed by atoms with van der Waals surface area (Å²) in [4.78, 5) is 0. The molecular formula is PdSn4. The first-order chi connectivity index (χ1) is 0. The summed E-state index contributed by atoms with van der Waals surface area (Å²) in [6.45, 7) is 0. The predicted molar refractivity (Wildman–Crippen MR) is 23.0 cm³/mol. The third kappa shape index (κ3) is 18.1.